The Morgan fingerprint density at radius 1 is 1.55 bits per heavy atom. The zero-order valence-corrected chi connectivity index (χ0v) is 7.29. The van der Waals surface area contributed by atoms with Gasteiger partial charge in [-0.1, -0.05) is 6.58 Å². The van der Waals surface area contributed by atoms with Gasteiger partial charge in [0.25, 0.3) is 0 Å². The van der Waals surface area contributed by atoms with Gasteiger partial charge in [-0.15, -0.1) is 0 Å². The first-order valence-corrected chi connectivity index (χ1v) is 3.72. The van der Waals surface area contributed by atoms with Crippen molar-refractivity contribution in [2.24, 2.45) is 0 Å². The molecule has 3 heteroatoms. The molecule has 1 aliphatic rings. The van der Waals surface area contributed by atoms with E-state index in [4.69, 9.17) is 0 Å². The highest BCUT2D eigenvalue weighted by atomic mass is 16.2. The minimum absolute atomic E-state index is 0.153. The molecule has 0 saturated carbocycles. The second-order valence-corrected chi connectivity index (χ2v) is 3.03. The van der Waals surface area contributed by atoms with Crippen molar-refractivity contribution in [2.45, 2.75) is 19.4 Å². The Hall–Kier alpha value is -0.990. The number of hydrogen-bond acceptors (Lipinski definition) is 2. The summed E-state index contributed by atoms with van der Waals surface area (Å²) < 4.78 is 0. The highest BCUT2D eigenvalue weighted by molar-refractivity contribution is 5.79. The molecule has 62 valence electrons. The van der Waals surface area contributed by atoms with Gasteiger partial charge in [-0.2, -0.15) is 0 Å². The number of hydrogen-bond donors (Lipinski definition) is 0. The van der Waals surface area contributed by atoms with Crippen LogP contribution in [0, 0.1) is 0 Å². The molecular formula is C8H14N2O. The number of nitrogens with zero attached hydrogens (tertiary/aromatic N) is 2. The van der Waals surface area contributed by atoms with Gasteiger partial charge in [0.05, 0.1) is 0 Å². The molecule has 0 N–H and O–H groups in total. The smallest absolute Gasteiger partial charge is 0.229 e. The van der Waals surface area contributed by atoms with Gasteiger partial charge in [0, 0.05) is 26.6 Å². The van der Waals surface area contributed by atoms with Crippen LogP contribution in [-0.2, 0) is 4.79 Å². The Bertz CT molecular complexity index is 200. The van der Waals surface area contributed by atoms with Gasteiger partial charge in [0.2, 0.25) is 5.91 Å². The van der Waals surface area contributed by atoms with E-state index in [2.05, 4.69) is 6.58 Å². The zero-order chi connectivity index (χ0) is 8.59. The Labute approximate surface area is 67.3 Å². The molecule has 3 nitrogen and oxygen atoms in total. The third kappa shape index (κ3) is 1.23. The first kappa shape index (κ1) is 8.11. The molecule has 1 heterocycles. The summed E-state index contributed by atoms with van der Waals surface area (Å²) in [5.74, 6) is 0.939. The van der Waals surface area contributed by atoms with Crippen LogP contribution in [0.15, 0.2) is 12.4 Å². The molecule has 0 aromatic heterocycles. The summed E-state index contributed by atoms with van der Waals surface area (Å²) in [6, 6.07) is 0.284. The van der Waals surface area contributed by atoms with Crippen LogP contribution in [0.5, 0.6) is 0 Å². The summed E-state index contributed by atoms with van der Waals surface area (Å²) in [5.41, 5.74) is 0. The van der Waals surface area contributed by atoms with E-state index in [0.29, 0.717) is 6.42 Å². The first-order valence-electron chi connectivity index (χ1n) is 3.72. The average molecular weight is 154 g/mol. The summed E-state index contributed by atoms with van der Waals surface area (Å²) in [6.45, 7) is 5.83. The van der Waals surface area contributed by atoms with Crippen molar-refractivity contribution in [2.75, 3.05) is 14.1 Å². The van der Waals surface area contributed by atoms with Crippen molar-refractivity contribution >= 4 is 5.91 Å². The summed E-state index contributed by atoms with van der Waals surface area (Å²) in [5, 5.41) is 0. The second-order valence-electron chi connectivity index (χ2n) is 3.03. The fraction of sp³-hybridized carbons (Fsp3) is 0.625. The SMILES string of the molecule is C=C1N(C)C(=O)CC(C)N1C. The lowest BCUT2D eigenvalue weighted by atomic mass is 10.1. The number of carbonyl (C=O) groups excluding carboxylic acids is 1. The van der Waals surface area contributed by atoms with Crippen LogP contribution in [0.25, 0.3) is 0 Å². The molecule has 0 aromatic rings. The maximum absolute atomic E-state index is 11.2. The maximum atomic E-state index is 11.2. The molecule has 1 fully saturated rings. The fourth-order valence-corrected chi connectivity index (χ4v) is 1.16. The molecule has 0 aliphatic carbocycles. The Morgan fingerprint density at radius 2 is 2.09 bits per heavy atom. The molecule has 1 aliphatic heterocycles. The first-order chi connectivity index (χ1) is 5.04. The lowest BCUT2D eigenvalue weighted by Crippen LogP contribution is -2.46. The van der Waals surface area contributed by atoms with Crippen molar-refractivity contribution in [3.05, 3.63) is 12.4 Å². The van der Waals surface area contributed by atoms with Crippen molar-refractivity contribution in [1.29, 1.82) is 0 Å². The minimum atomic E-state index is 0.153. The topological polar surface area (TPSA) is 23.6 Å². The third-order valence-corrected chi connectivity index (χ3v) is 2.30. The summed E-state index contributed by atoms with van der Waals surface area (Å²) in [7, 11) is 3.71. The van der Waals surface area contributed by atoms with E-state index in [1.54, 1.807) is 11.9 Å². The van der Waals surface area contributed by atoms with Crippen molar-refractivity contribution in [1.82, 2.24) is 9.80 Å². The van der Waals surface area contributed by atoms with E-state index in [1.165, 1.54) is 0 Å². The highest BCUT2D eigenvalue weighted by Gasteiger charge is 2.26. The Kier molecular flexibility index (Phi) is 1.89. The average Bonchev–Trinajstić information content (AvgIpc) is 1.97. The van der Waals surface area contributed by atoms with E-state index in [9.17, 15) is 4.79 Å². The quantitative estimate of drug-likeness (QED) is 0.511. The lowest BCUT2D eigenvalue weighted by Gasteiger charge is -2.38. The molecular weight excluding hydrogens is 140 g/mol. The van der Waals surface area contributed by atoms with E-state index in [0.717, 1.165) is 5.82 Å². The van der Waals surface area contributed by atoms with Gasteiger partial charge in [-0.25, -0.2) is 0 Å². The van der Waals surface area contributed by atoms with Crippen LogP contribution in [0.3, 0.4) is 0 Å². The van der Waals surface area contributed by atoms with E-state index in [-0.39, 0.29) is 11.9 Å². The normalized spacial score (nSPS) is 26.3. The number of carbonyl (C=O) groups is 1. The second kappa shape index (κ2) is 2.57. The minimum Gasteiger partial charge on any atom is -0.358 e. The van der Waals surface area contributed by atoms with Crippen molar-refractivity contribution in [3.8, 4) is 0 Å². The van der Waals surface area contributed by atoms with Crippen LogP contribution in [0.4, 0.5) is 0 Å². The molecule has 1 saturated heterocycles. The maximum Gasteiger partial charge on any atom is 0.229 e. The van der Waals surface area contributed by atoms with Crippen LogP contribution >= 0.6 is 0 Å². The van der Waals surface area contributed by atoms with Gasteiger partial charge in [-0.05, 0) is 6.92 Å². The molecule has 1 unspecified atom stereocenters. The Balaban J connectivity index is 2.79. The molecule has 1 rings (SSSR count). The fourth-order valence-electron chi connectivity index (χ4n) is 1.16. The number of amides is 1. The van der Waals surface area contributed by atoms with E-state index in [1.807, 2.05) is 18.9 Å². The van der Waals surface area contributed by atoms with Gasteiger partial charge < -0.3 is 9.80 Å². The largest absolute Gasteiger partial charge is 0.358 e. The molecule has 1 amide bonds. The molecule has 0 aromatic carbocycles. The summed E-state index contributed by atoms with van der Waals surface area (Å²) >= 11 is 0. The van der Waals surface area contributed by atoms with Gasteiger partial charge in [0.15, 0.2) is 0 Å². The summed E-state index contributed by atoms with van der Waals surface area (Å²) in [6.07, 6.45) is 0.589. The zero-order valence-electron chi connectivity index (χ0n) is 7.29. The lowest BCUT2D eigenvalue weighted by molar-refractivity contribution is -0.133. The van der Waals surface area contributed by atoms with E-state index >= 15 is 0 Å². The molecule has 0 spiro atoms. The number of rotatable bonds is 0. The summed E-state index contributed by atoms with van der Waals surface area (Å²) in [4.78, 5) is 14.8. The standard InChI is InChI=1S/C8H14N2O/c1-6-5-8(11)10(4)7(2)9(6)3/h6H,2,5H2,1,3-4H3. The van der Waals surface area contributed by atoms with Crippen molar-refractivity contribution in [3.63, 3.8) is 0 Å². The van der Waals surface area contributed by atoms with Crippen LogP contribution in [0.1, 0.15) is 13.3 Å². The van der Waals surface area contributed by atoms with Crippen LogP contribution in [0.2, 0.25) is 0 Å². The van der Waals surface area contributed by atoms with Crippen LogP contribution < -0.4 is 0 Å². The third-order valence-electron chi connectivity index (χ3n) is 2.30. The molecule has 1 atom stereocenters. The van der Waals surface area contributed by atoms with E-state index < -0.39 is 0 Å². The van der Waals surface area contributed by atoms with Crippen LogP contribution in [-0.4, -0.2) is 35.8 Å². The monoisotopic (exact) mass is 154 g/mol. The molecule has 0 bridgehead atoms. The van der Waals surface area contributed by atoms with Gasteiger partial charge in [0.1, 0.15) is 5.82 Å². The van der Waals surface area contributed by atoms with Gasteiger partial charge >= 0.3 is 0 Å². The molecule has 11 heavy (non-hydrogen) atoms. The highest BCUT2D eigenvalue weighted by Crippen LogP contribution is 2.18. The predicted octanol–water partition coefficient (Wildman–Crippen LogP) is 0.640. The van der Waals surface area contributed by atoms with Gasteiger partial charge in [-0.3, -0.25) is 4.79 Å². The predicted molar refractivity (Wildman–Crippen MR) is 43.8 cm³/mol. The Morgan fingerprint density at radius 3 is 2.64 bits per heavy atom. The molecule has 0 radical (unpaired) electrons. The van der Waals surface area contributed by atoms with Crippen molar-refractivity contribution < 1.29 is 4.79 Å².